The number of likely N-dealkylation sites (tertiary alicyclic amines) is 1. The summed E-state index contributed by atoms with van der Waals surface area (Å²) in [6, 6.07) is 11.8. The number of aliphatic hydroxyl groups excluding tert-OH is 1. The molecule has 514 valence electrons. The largest absolute Gasteiger partial charge is 0.462 e. The molecule has 1 saturated carbocycles. The number of nitrogens with zero attached hydrogens (tertiary/aromatic N) is 3. The molecular weight excluding hydrogens is 1220 g/mol. The van der Waals surface area contributed by atoms with E-state index in [1.165, 1.54) is 26.2 Å². The van der Waals surface area contributed by atoms with Gasteiger partial charge in [0.1, 0.15) is 37.0 Å². The lowest BCUT2D eigenvalue weighted by molar-refractivity contribution is -0.165. The molecule has 12 atom stereocenters. The number of amides is 8. The number of anilines is 1. The molecule has 2 aromatic carbocycles. The maximum atomic E-state index is 14.1. The summed E-state index contributed by atoms with van der Waals surface area (Å²) in [5, 5.41) is 24.4. The summed E-state index contributed by atoms with van der Waals surface area (Å²) in [6.07, 6.45) is -1.02. The molecule has 0 aromatic heterocycles. The number of benzene rings is 2. The average Bonchev–Trinajstić information content (AvgIpc) is 1.87. The minimum Gasteiger partial charge on any atom is -0.462 e. The van der Waals surface area contributed by atoms with E-state index < -0.39 is 145 Å². The Morgan fingerprint density at radius 2 is 1.33 bits per heavy atom. The SMILES string of the molecule is C=CC(=O)O[C@@H]1CC(OC(=O)CCSCC(=O)NC(C(=O)NCC(=O)Nc2ccc(COC(=O)N(C)C(C(=O)NCC(=O)N(C)[C@@H](CC)[C@@H](CC(=O)N3CCC[C@H]3[C@H](OC)[C@@H](C)C(=O)N[C@H](C)[C@@H](O)c3ccccc3)OC)C(C)C)cc2)C(C)C)C[C@H](OC(=O)C=C)C1. The van der Waals surface area contributed by atoms with Gasteiger partial charge in [0.2, 0.25) is 41.4 Å². The average molecular weight is 1320 g/mol. The predicted octanol–water partition coefficient (Wildman–Crippen LogP) is 4.53. The fraction of sp³-hybridized carbons (Fsp3) is 0.591. The van der Waals surface area contributed by atoms with Crippen LogP contribution in [0.4, 0.5) is 10.5 Å². The van der Waals surface area contributed by atoms with Crippen molar-refractivity contribution in [2.75, 3.05) is 64.8 Å². The van der Waals surface area contributed by atoms with Crippen molar-refractivity contribution in [1.82, 2.24) is 36.0 Å². The Labute approximate surface area is 549 Å². The number of aliphatic hydroxyl groups is 1. The summed E-state index contributed by atoms with van der Waals surface area (Å²) in [5.74, 6) is -6.49. The summed E-state index contributed by atoms with van der Waals surface area (Å²) >= 11 is 1.14. The zero-order valence-corrected chi connectivity index (χ0v) is 56.2. The standard InChI is InChI=1S/C66H96N8O18S/c1-14-49(51(87-12)34-54(77)74-29-20-23-50(74)62(88-13)41(8)63(83)69-42(9)61(82)44-21-18-17-19-22-44)72(10)55(78)36-68-65(85)60(40(6)7)73(11)66(86)89-37-43-24-26-45(27-25-43)70-52(75)35-67-64(84)59(39(4)5)71-53(76)38-93-30-28-58(81)92-48-32-46(90-56(79)15-2)31-47(33-48)91-57(80)16-3/h15-19,21-22,24-27,39-42,46-51,59-62,82H,2-3,14,20,23,28-38H2,1,4-13H3,(H,67,84)(H,68,85)(H,69,83)(H,70,75)(H,71,76)/t41-,42-,46-,47+,48?,49+,50+,51-,59?,60?,61-,62-/m1/s1. The van der Waals surface area contributed by atoms with Crippen LogP contribution < -0.4 is 26.6 Å². The first-order valence-corrected chi connectivity index (χ1v) is 32.5. The van der Waals surface area contributed by atoms with Gasteiger partial charge in [-0.2, -0.15) is 11.8 Å². The number of esters is 3. The van der Waals surface area contributed by atoms with Crippen molar-refractivity contribution >= 4 is 82.8 Å². The zero-order valence-electron chi connectivity index (χ0n) is 55.4. The molecule has 1 saturated heterocycles. The molecule has 2 aromatic rings. The molecule has 1 aliphatic heterocycles. The molecule has 0 spiro atoms. The van der Waals surface area contributed by atoms with E-state index in [4.69, 9.17) is 28.4 Å². The third-order valence-corrected chi connectivity index (χ3v) is 17.3. The first-order valence-electron chi connectivity index (χ1n) is 31.4. The fourth-order valence-electron chi connectivity index (χ4n) is 11.3. The molecule has 0 radical (unpaired) electrons. The van der Waals surface area contributed by atoms with Crippen molar-refractivity contribution in [2.45, 2.75) is 173 Å². The highest BCUT2D eigenvalue weighted by molar-refractivity contribution is 7.99. The van der Waals surface area contributed by atoms with E-state index in [2.05, 4.69) is 39.7 Å². The molecule has 8 amide bonds. The van der Waals surface area contributed by atoms with Crippen LogP contribution in [0.2, 0.25) is 0 Å². The second-order valence-electron chi connectivity index (χ2n) is 23.9. The lowest BCUT2D eigenvalue weighted by atomic mass is 9.92. The Balaban J connectivity index is 1.19. The minimum atomic E-state index is -1.04. The monoisotopic (exact) mass is 1320 g/mol. The van der Waals surface area contributed by atoms with E-state index >= 15 is 0 Å². The first-order chi connectivity index (χ1) is 44.2. The van der Waals surface area contributed by atoms with Crippen molar-refractivity contribution in [2.24, 2.45) is 17.8 Å². The second-order valence-corrected chi connectivity index (χ2v) is 25.0. The van der Waals surface area contributed by atoms with Gasteiger partial charge in [0, 0.05) is 77.7 Å². The highest BCUT2D eigenvalue weighted by Crippen LogP contribution is 2.30. The molecule has 2 aliphatic rings. The molecule has 6 N–H and O–H groups in total. The van der Waals surface area contributed by atoms with E-state index in [0.29, 0.717) is 42.6 Å². The number of likely N-dealkylation sites (N-methyl/N-ethyl adjacent to an activating group) is 2. The van der Waals surface area contributed by atoms with Gasteiger partial charge in [-0.25, -0.2) is 14.4 Å². The number of rotatable bonds is 36. The Morgan fingerprint density at radius 3 is 1.89 bits per heavy atom. The van der Waals surface area contributed by atoms with Gasteiger partial charge in [-0.3, -0.25) is 43.3 Å². The smallest absolute Gasteiger partial charge is 0.410 e. The second kappa shape index (κ2) is 39.0. The summed E-state index contributed by atoms with van der Waals surface area (Å²) in [4.78, 5) is 148. The number of nitrogens with one attached hydrogen (secondary N) is 5. The Bertz CT molecular complexity index is 2830. The molecular formula is C66H96N8O18S. The molecule has 4 rings (SSSR count). The van der Waals surface area contributed by atoms with E-state index in [9.17, 15) is 57.8 Å². The molecule has 26 nitrogen and oxygen atoms in total. The molecule has 0 bridgehead atoms. The highest BCUT2D eigenvalue weighted by Gasteiger charge is 2.42. The van der Waals surface area contributed by atoms with E-state index in [0.717, 1.165) is 28.8 Å². The van der Waals surface area contributed by atoms with Crippen LogP contribution in [0.5, 0.6) is 0 Å². The highest BCUT2D eigenvalue weighted by atomic mass is 32.2. The van der Waals surface area contributed by atoms with Crippen molar-refractivity contribution in [3.8, 4) is 0 Å². The van der Waals surface area contributed by atoms with Crippen molar-refractivity contribution in [1.29, 1.82) is 0 Å². The lowest BCUT2D eigenvalue weighted by Gasteiger charge is -2.37. The first kappa shape index (κ1) is 77.6. The summed E-state index contributed by atoms with van der Waals surface area (Å²) in [5.41, 5.74) is 1.58. The molecule has 93 heavy (non-hydrogen) atoms. The number of hydrogen-bond donors (Lipinski definition) is 6. The maximum Gasteiger partial charge on any atom is 0.410 e. The quantitative estimate of drug-likeness (QED) is 0.0236. The van der Waals surface area contributed by atoms with Crippen molar-refractivity contribution in [3.63, 3.8) is 0 Å². The Kier molecular flexibility index (Phi) is 32.5. The third kappa shape index (κ3) is 24.5. The van der Waals surface area contributed by atoms with Crippen LogP contribution in [-0.2, 0) is 83.0 Å². The Morgan fingerprint density at radius 1 is 0.731 bits per heavy atom. The summed E-state index contributed by atoms with van der Waals surface area (Å²) < 4.78 is 33.5. The minimum absolute atomic E-state index is 0.0593. The van der Waals surface area contributed by atoms with Gasteiger partial charge in [-0.05, 0) is 61.3 Å². The number of hydrogen-bond acceptors (Lipinski definition) is 19. The fourth-order valence-corrected chi connectivity index (χ4v) is 12.1. The normalized spacial score (nSPS) is 18.7. The van der Waals surface area contributed by atoms with Crippen molar-refractivity contribution in [3.05, 3.63) is 91.0 Å². The van der Waals surface area contributed by atoms with Crippen LogP contribution in [0, 0.1) is 17.8 Å². The Hall–Kier alpha value is -7.88. The van der Waals surface area contributed by atoms with E-state index in [1.54, 1.807) is 89.9 Å². The molecule has 1 aliphatic carbocycles. The van der Waals surface area contributed by atoms with Gasteiger partial charge in [-0.15, -0.1) is 0 Å². The zero-order chi connectivity index (χ0) is 69.1. The third-order valence-electron chi connectivity index (χ3n) is 16.3. The van der Waals surface area contributed by atoms with Crippen LogP contribution >= 0.6 is 11.8 Å². The molecule has 1 heterocycles. The maximum absolute atomic E-state index is 14.1. The lowest BCUT2D eigenvalue weighted by Crippen LogP contribution is -2.54. The van der Waals surface area contributed by atoms with E-state index in [-0.39, 0.29) is 67.9 Å². The van der Waals surface area contributed by atoms with Crippen LogP contribution in [0.3, 0.4) is 0 Å². The van der Waals surface area contributed by atoms with Gasteiger partial charge in [-0.1, -0.05) is 97.2 Å². The van der Waals surface area contributed by atoms with Gasteiger partial charge < -0.3 is 69.9 Å². The van der Waals surface area contributed by atoms with Gasteiger partial charge in [0.15, 0.2) is 0 Å². The number of ether oxygens (including phenoxy) is 6. The van der Waals surface area contributed by atoms with E-state index in [1.807, 2.05) is 25.1 Å². The van der Waals surface area contributed by atoms with Crippen LogP contribution in [-0.4, -0.2) is 205 Å². The van der Waals surface area contributed by atoms with Gasteiger partial charge in [0.25, 0.3) is 0 Å². The van der Waals surface area contributed by atoms with Crippen LogP contribution in [0.25, 0.3) is 0 Å². The number of methoxy groups -OCH3 is 2. The summed E-state index contributed by atoms with van der Waals surface area (Å²) in [7, 11) is 5.95. The molecule has 3 unspecified atom stereocenters. The van der Waals surface area contributed by atoms with Gasteiger partial charge >= 0.3 is 24.0 Å². The van der Waals surface area contributed by atoms with Crippen LogP contribution in [0.1, 0.15) is 117 Å². The summed E-state index contributed by atoms with van der Waals surface area (Å²) in [6.45, 7) is 18.4. The topological polar surface area (TPSA) is 333 Å². The number of carbonyl (C=O) groups is 11. The predicted molar refractivity (Wildman–Crippen MR) is 346 cm³/mol. The van der Waals surface area contributed by atoms with Crippen molar-refractivity contribution < 1.29 is 86.3 Å². The molecule has 27 heteroatoms. The number of thioether (sulfide) groups is 1. The van der Waals surface area contributed by atoms with Crippen LogP contribution in [0.15, 0.2) is 79.9 Å². The number of carbonyl (C=O) groups excluding carboxylic acids is 11. The molecule has 2 fully saturated rings. The van der Waals surface area contributed by atoms with Gasteiger partial charge in [0.05, 0.1) is 74.0 Å².